The predicted octanol–water partition coefficient (Wildman–Crippen LogP) is 1.57. The van der Waals surface area contributed by atoms with Crippen LogP contribution in [0.3, 0.4) is 0 Å². The number of carboxylic acids is 2. The molecule has 28 heavy (non-hydrogen) atoms. The second kappa shape index (κ2) is 10.5. The molecule has 2 aliphatic rings. The number of fused-ring (bicyclic) bond motifs is 2. The van der Waals surface area contributed by atoms with Gasteiger partial charge in [0.2, 0.25) is 0 Å². The number of carbonyl (C=O) groups is 3. The fourth-order valence-corrected chi connectivity index (χ4v) is 3.36. The van der Waals surface area contributed by atoms with Gasteiger partial charge in [0.25, 0.3) is 0 Å². The number of hydrogen-bond acceptors (Lipinski definition) is 4. The van der Waals surface area contributed by atoms with Crippen molar-refractivity contribution in [3.05, 3.63) is 41.0 Å². The van der Waals surface area contributed by atoms with E-state index in [0.29, 0.717) is 18.7 Å². The van der Waals surface area contributed by atoms with Crippen molar-refractivity contribution in [2.24, 2.45) is 0 Å². The molecule has 8 nitrogen and oxygen atoms in total. The Morgan fingerprint density at radius 2 is 1.64 bits per heavy atom. The van der Waals surface area contributed by atoms with Crippen LogP contribution in [0, 0.1) is 0 Å². The quantitative estimate of drug-likeness (QED) is 0.583. The average molecular weight is 389 g/mol. The Morgan fingerprint density at radius 3 is 2.21 bits per heavy atom. The largest absolute Gasteiger partial charge is 0.478 e. The Balaban J connectivity index is 0.000000300. The van der Waals surface area contributed by atoms with Crippen molar-refractivity contribution < 1.29 is 24.6 Å². The first-order valence-corrected chi connectivity index (χ1v) is 9.47. The molecule has 0 bridgehead atoms. The van der Waals surface area contributed by atoms with Crippen LogP contribution in [0.5, 0.6) is 0 Å². The van der Waals surface area contributed by atoms with E-state index in [0.717, 1.165) is 51.0 Å². The number of aliphatic carboxylic acids is 2. The van der Waals surface area contributed by atoms with E-state index in [1.54, 1.807) is 0 Å². The monoisotopic (exact) mass is 389 g/mol. The highest BCUT2D eigenvalue weighted by Crippen LogP contribution is 2.31. The third kappa shape index (κ3) is 6.09. The molecular weight excluding hydrogens is 362 g/mol. The summed E-state index contributed by atoms with van der Waals surface area (Å²) in [4.78, 5) is 33.2. The highest BCUT2D eigenvalue weighted by Gasteiger charge is 2.24. The Kier molecular flexibility index (Phi) is 8.01. The van der Waals surface area contributed by atoms with Gasteiger partial charge in [-0.05, 0) is 68.5 Å². The summed E-state index contributed by atoms with van der Waals surface area (Å²) in [7, 11) is 0. The molecule has 1 aromatic rings. The van der Waals surface area contributed by atoms with Gasteiger partial charge in [-0.15, -0.1) is 0 Å². The summed E-state index contributed by atoms with van der Waals surface area (Å²) in [5, 5.41) is 22.0. The van der Waals surface area contributed by atoms with E-state index >= 15 is 0 Å². The lowest BCUT2D eigenvalue weighted by Gasteiger charge is -2.30. The molecule has 0 saturated carbocycles. The molecule has 2 amide bonds. The van der Waals surface area contributed by atoms with Gasteiger partial charge in [-0.1, -0.05) is 6.07 Å². The first kappa shape index (κ1) is 21.4. The lowest BCUT2D eigenvalue weighted by atomic mass is 9.93. The van der Waals surface area contributed by atoms with Crippen LogP contribution in [0.4, 0.5) is 10.5 Å². The number of hydrogen-bond donors (Lipinski definition) is 4. The van der Waals surface area contributed by atoms with Crippen molar-refractivity contribution in [1.29, 1.82) is 0 Å². The number of nitrogens with zero attached hydrogens (tertiary/aromatic N) is 1. The number of amides is 2. The number of carboxylic acid groups (broad SMARTS) is 2. The number of urea groups is 1. The van der Waals surface area contributed by atoms with E-state index in [2.05, 4.69) is 22.8 Å². The Bertz CT molecular complexity index is 744. The smallest absolute Gasteiger partial charge is 0.328 e. The van der Waals surface area contributed by atoms with Crippen molar-refractivity contribution in [3.8, 4) is 0 Å². The molecule has 2 aliphatic heterocycles. The number of rotatable bonds is 3. The molecule has 8 heteroatoms. The predicted molar refractivity (Wildman–Crippen MR) is 106 cm³/mol. The molecule has 3 rings (SSSR count). The van der Waals surface area contributed by atoms with Crippen molar-refractivity contribution in [1.82, 2.24) is 10.6 Å². The van der Waals surface area contributed by atoms with Crippen LogP contribution < -0.4 is 15.5 Å². The minimum Gasteiger partial charge on any atom is -0.478 e. The minimum atomic E-state index is -1.26. The van der Waals surface area contributed by atoms with E-state index in [1.165, 1.54) is 16.7 Å². The second-order valence-corrected chi connectivity index (χ2v) is 6.60. The molecule has 0 unspecified atom stereocenters. The topological polar surface area (TPSA) is 119 Å². The molecule has 4 N–H and O–H groups in total. The zero-order valence-corrected chi connectivity index (χ0v) is 16.0. The average Bonchev–Trinajstić information content (AvgIpc) is 2.89. The summed E-state index contributed by atoms with van der Waals surface area (Å²) < 4.78 is 0. The van der Waals surface area contributed by atoms with Crippen molar-refractivity contribution >= 4 is 23.7 Å². The normalized spacial score (nSPS) is 15.5. The number of benzene rings is 1. The van der Waals surface area contributed by atoms with E-state index in [1.807, 2.05) is 11.8 Å². The van der Waals surface area contributed by atoms with Gasteiger partial charge in [-0.3, -0.25) is 4.90 Å². The summed E-state index contributed by atoms with van der Waals surface area (Å²) in [5.41, 5.74) is 5.34. The summed E-state index contributed by atoms with van der Waals surface area (Å²) in [6.07, 6.45) is 5.42. The van der Waals surface area contributed by atoms with Gasteiger partial charge in [0.1, 0.15) is 0 Å². The SMILES string of the molecule is CCNC(=O)N1CCCc2cc3c(cc21)CCNCC3.O=C(O)/C=C/C(=O)O. The van der Waals surface area contributed by atoms with Gasteiger partial charge >= 0.3 is 18.0 Å². The van der Waals surface area contributed by atoms with Crippen molar-refractivity contribution in [2.75, 3.05) is 31.1 Å². The fraction of sp³-hybridized carbons (Fsp3) is 0.450. The lowest BCUT2D eigenvalue weighted by Crippen LogP contribution is -2.42. The van der Waals surface area contributed by atoms with Crippen LogP contribution in [0.2, 0.25) is 0 Å². The van der Waals surface area contributed by atoms with Crippen LogP contribution in [-0.2, 0) is 28.9 Å². The first-order valence-electron chi connectivity index (χ1n) is 9.47. The molecule has 0 atom stereocenters. The highest BCUT2D eigenvalue weighted by atomic mass is 16.4. The summed E-state index contributed by atoms with van der Waals surface area (Å²) >= 11 is 0. The van der Waals surface area contributed by atoms with Crippen LogP contribution in [0.15, 0.2) is 24.3 Å². The molecule has 0 aromatic heterocycles. The number of nitrogens with one attached hydrogen (secondary N) is 2. The molecule has 0 aliphatic carbocycles. The molecule has 0 spiro atoms. The molecule has 1 aromatic carbocycles. The van der Waals surface area contributed by atoms with Gasteiger partial charge in [0, 0.05) is 30.9 Å². The van der Waals surface area contributed by atoms with Crippen LogP contribution >= 0.6 is 0 Å². The lowest BCUT2D eigenvalue weighted by molar-refractivity contribution is -0.134. The summed E-state index contributed by atoms with van der Waals surface area (Å²) in [6, 6.07) is 4.63. The summed E-state index contributed by atoms with van der Waals surface area (Å²) in [5.74, 6) is -2.51. The molecule has 0 fully saturated rings. The summed E-state index contributed by atoms with van der Waals surface area (Å²) in [6.45, 7) is 5.57. The molecular formula is C20H27N3O5. The third-order valence-electron chi connectivity index (χ3n) is 4.60. The molecule has 0 radical (unpaired) electrons. The second-order valence-electron chi connectivity index (χ2n) is 6.60. The van der Waals surface area contributed by atoms with E-state index in [4.69, 9.17) is 10.2 Å². The first-order chi connectivity index (χ1) is 13.4. The minimum absolute atomic E-state index is 0.0418. The van der Waals surface area contributed by atoms with Gasteiger partial charge in [0.15, 0.2) is 0 Å². The van der Waals surface area contributed by atoms with Crippen LogP contribution in [0.1, 0.15) is 30.0 Å². The van der Waals surface area contributed by atoms with Crippen molar-refractivity contribution in [2.45, 2.75) is 32.6 Å². The Labute approximate surface area is 164 Å². The fourth-order valence-electron chi connectivity index (χ4n) is 3.36. The van der Waals surface area contributed by atoms with E-state index in [9.17, 15) is 14.4 Å². The molecule has 2 heterocycles. The van der Waals surface area contributed by atoms with Crippen molar-refractivity contribution in [3.63, 3.8) is 0 Å². The maximum absolute atomic E-state index is 12.2. The zero-order chi connectivity index (χ0) is 20.5. The van der Waals surface area contributed by atoms with Gasteiger partial charge < -0.3 is 20.8 Å². The Hall–Kier alpha value is -2.87. The van der Waals surface area contributed by atoms with E-state index < -0.39 is 11.9 Å². The molecule has 152 valence electrons. The maximum atomic E-state index is 12.2. The number of carbonyl (C=O) groups excluding carboxylic acids is 1. The Morgan fingerprint density at radius 1 is 1.04 bits per heavy atom. The van der Waals surface area contributed by atoms with E-state index in [-0.39, 0.29) is 6.03 Å². The third-order valence-corrected chi connectivity index (χ3v) is 4.60. The highest BCUT2D eigenvalue weighted by molar-refractivity contribution is 5.93. The van der Waals surface area contributed by atoms with Gasteiger partial charge in [0.05, 0.1) is 0 Å². The van der Waals surface area contributed by atoms with Gasteiger partial charge in [-0.2, -0.15) is 0 Å². The molecule has 0 saturated heterocycles. The zero-order valence-electron chi connectivity index (χ0n) is 16.0. The van der Waals surface area contributed by atoms with Crippen LogP contribution in [0.25, 0.3) is 0 Å². The maximum Gasteiger partial charge on any atom is 0.328 e. The standard InChI is InChI=1S/C16H23N3O.C4H4O4/c1-2-18-16(20)19-9-3-4-14-10-12-5-7-17-8-6-13(12)11-15(14)19;5-3(6)1-2-4(7)8/h10-11,17H,2-9H2,1H3,(H,18,20);1-2H,(H,5,6)(H,7,8)/b;2-1+. The van der Waals surface area contributed by atoms with Crippen LogP contribution in [-0.4, -0.2) is 54.4 Å². The van der Waals surface area contributed by atoms with Gasteiger partial charge in [-0.25, -0.2) is 14.4 Å². The number of anilines is 1. The number of aryl methyl sites for hydroxylation is 1.